The van der Waals surface area contributed by atoms with Crippen LogP contribution < -0.4 is 11.1 Å². The van der Waals surface area contributed by atoms with Crippen LogP contribution in [-0.4, -0.2) is 11.9 Å². The zero-order valence-electron chi connectivity index (χ0n) is 8.81. The van der Waals surface area contributed by atoms with Gasteiger partial charge < -0.3 is 11.1 Å². The molecule has 17 heavy (non-hydrogen) atoms. The summed E-state index contributed by atoms with van der Waals surface area (Å²) in [5, 5.41) is 2.14. The van der Waals surface area contributed by atoms with E-state index in [0.29, 0.717) is 0 Å². The van der Waals surface area contributed by atoms with Crippen molar-refractivity contribution in [2.45, 2.75) is 19.1 Å². The highest BCUT2D eigenvalue weighted by molar-refractivity contribution is 9.10. The van der Waals surface area contributed by atoms with Crippen molar-refractivity contribution >= 4 is 27.5 Å². The second-order valence-corrected chi connectivity index (χ2v) is 4.38. The lowest BCUT2D eigenvalue weighted by atomic mass is 10.1. The lowest BCUT2D eigenvalue weighted by Gasteiger charge is -2.15. The average Bonchev–Trinajstić information content (AvgIpc) is 2.18. The summed E-state index contributed by atoms with van der Waals surface area (Å²) in [6.07, 6.45) is -4.54. The predicted molar refractivity (Wildman–Crippen MR) is 61.4 cm³/mol. The van der Waals surface area contributed by atoms with E-state index >= 15 is 0 Å². The molecule has 0 aromatic heterocycles. The van der Waals surface area contributed by atoms with Gasteiger partial charge in [-0.2, -0.15) is 13.2 Å². The van der Waals surface area contributed by atoms with Gasteiger partial charge in [-0.3, -0.25) is 4.79 Å². The summed E-state index contributed by atoms with van der Waals surface area (Å²) in [5.74, 6) is -0.669. The van der Waals surface area contributed by atoms with Gasteiger partial charge in [0.2, 0.25) is 5.91 Å². The van der Waals surface area contributed by atoms with Gasteiger partial charge in [0.25, 0.3) is 0 Å². The maximum atomic E-state index is 12.7. The molecule has 1 aromatic rings. The van der Waals surface area contributed by atoms with Crippen LogP contribution in [0.5, 0.6) is 0 Å². The molecule has 0 radical (unpaired) electrons. The number of hydrogen-bond donors (Lipinski definition) is 2. The molecular formula is C10H10BrF3N2O. The normalized spacial score (nSPS) is 13.3. The summed E-state index contributed by atoms with van der Waals surface area (Å²) >= 11 is 2.95. The monoisotopic (exact) mass is 310 g/mol. The number of nitrogens with one attached hydrogen (secondary N) is 1. The van der Waals surface area contributed by atoms with Crippen molar-refractivity contribution in [1.29, 1.82) is 0 Å². The maximum Gasteiger partial charge on any atom is 0.418 e. The SMILES string of the molecule is CC(N)C(=O)Nc1ccc(Br)cc1C(F)(F)F. The topological polar surface area (TPSA) is 55.1 Å². The predicted octanol–water partition coefficient (Wildman–Crippen LogP) is 2.75. The molecule has 0 heterocycles. The summed E-state index contributed by atoms with van der Waals surface area (Å²) in [7, 11) is 0. The Bertz CT molecular complexity index is 432. The van der Waals surface area contributed by atoms with Crippen LogP contribution in [0, 0.1) is 0 Å². The first-order valence-electron chi connectivity index (χ1n) is 4.65. The molecule has 94 valence electrons. The molecule has 0 saturated carbocycles. The zero-order chi connectivity index (χ0) is 13.2. The van der Waals surface area contributed by atoms with Crippen LogP contribution in [0.1, 0.15) is 12.5 Å². The van der Waals surface area contributed by atoms with E-state index in [1.54, 1.807) is 0 Å². The number of nitrogens with two attached hydrogens (primary N) is 1. The molecule has 0 fully saturated rings. The molecule has 0 spiro atoms. The first-order valence-corrected chi connectivity index (χ1v) is 5.44. The van der Waals surface area contributed by atoms with Crippen LogP contribution in [0.15, 0.2) is 22.7 Å². The van der Waals surface area contributed by atoms with E-state index in [4.69, 9.17) is 5.73 Å². The Hall–Kier alpha value is -1.08. The molecule has 0 aliphatic carbocycles. The maximum absolute atomic E-state index is 12.7. The third-order valence-electron chi connectivity index (χ3n) is 1.96. The van der Waals surface area contributed by atoms with Crippen LogP contribution in [0.2, 0.25) is 0 Å². The van der Waals surface area contributed by atoms with Crippen molar-refractivity contribution < 1.29 is 18.0 Å². The number of hydrogen-bond acceptors (Lipinski definition) is 2. The minimum atomic E-state index is -4.54. The van der Waals surface area contributed by atoms with Crippen molar-refractivity contribution in [2.24, 2.45) is 5.73 Å². The Morgan fingerprint density at radius 2 is 2.06 bits per heavy atom. The molecule has 1 rings (SSSR count). The van der Waals surface area contributed by atoms with E-state index in [1.807, 2.05) is 0 Å². The van der Waals surface area contributed by atoms with E-state index in [0.717, 1.165) is 6.07 Å². The molecule has 0 aliphatic heterocycles. The summed E-state index contributed by atoms with van der Waals surface area (Å²) in [6.45, 7) is 1.39. The zero-order valence-corrected chi connectivity index (χ0v) is 10.4. The van der Waals surface area contributed by atoms with Gasteiger partial charge >= 0.3 is 6.18 Å². The van der Waals surface area contributed by atoms with E-state index in [2.05, 4.69) is 21.2 Å². The molecule has 0 bridgehead atoms. The van der Waals surface area contributed by atoms with Gasteiger partial charge in [-0.15, -0.1) is 0 Å². The lowest BCUT2D eigenvalue weighted by Crippen LogP contribution is -2.33. The van der Waals surface area contributed by atoms with Gasteiger partial charge in [0, 0.05) is 4.47 Å². The van der Waals surface area contributed by atoms with Gasteiger partial charge in [-0.05, 0) is 25.1 Å². The highest BCUT2D eigenvalue weighted by Crippen LogP contribution is 2.36. The van der Waals surface area contributed by atoms with Crippen molar-refractivity contribution in [1.82, 2.24) is 0 Å². The van der Waals surface area contributed by atoms with Gasteiger partial charge in [-0.1, -0.05) is 15.9 Å². The summed E-state index contributed by atoms with van der Waals surface area (Å²) in [6, 6.07) is 2.61. The third-order valence-corrected chi connectivity index (χ3v) is 2.45. The van der Waals surface area contributed by atoms with Crippen molar-refractivity contribution in [3.63, 3.8) is 0 Å². The second-order valence-electron chi connectivity index (χ2n) is 3.47. The molecule has 7 heteroatoms. The average molecular weight is 311 g/mol. The van der Waals surface area contributed by atoms with Crippen molar-refractivity contribution in [3.8, 4) is 0 Å². The molecule has 1 aromatic carbocycles. The smallest absolute Gasteiger partial charge is 0.324 e. The van der Waals surface area contributed by atoms with Crippen LogP contribution in [0.25, 0.3) is 0 Å². The van der Waals surface area contributed by atoms with E-state index < -0.39 is 23.7 Å². The summed E-state index contributed by atoms with van der Waals surface area (Å²) < 4.78 is 38.3. The number of carbonyl (C=O) groups excluding carboxylic acids is 1. The van der Waals surface area contributed by atoms with Gasteiger partial charge in [0.15, 0.2) is 0 Å². The Morgan fingerprint density at radius 3 is 2.53 bits per heavy atom. The fourth-order valence-corrected chi connectivity index (χ4v) is 1.47. The van der Waals surface area contributed by atoms with Crippen LogP contribution in [0.3, 0.4) is 0 Å². The number of amides is 1. The number of anilines is 1. The van der Waals surface area contributed by atoms with Crippen LogP contribution in [-0.2, 0) is 11.0 Å². The number of rotatable bonds is 2. The van der Waals surface area contributed by atoms with Gasteiger partial charge in [0.1, 0.15) is 0 Å². The lowest BCUT2D eigenvalue weighted by molar-refractivity contribution is -0.137. The van der Waals surface area contributed by atoms with Gasteiger partial charge in [0.05, 0.1) is 17.3 Å². The Morgan fingerprint density at radius 1 is 1.47 bits per heavy atom. The molecule has 3 N–H and O–H groups in total. The van der Waals surface area contributed by atoms with E-state index in [1.165, 1.54) is 19.1 Å². The Labute approximate surface area is 104 Å². The molecule has 1 unspecified atom stereocenters. The van der Waals surface area contributed by atoms with Crippen LogP contribution in [0.4, 0.5) is 18.9 Å². The number of alkyl halides is 3. The van der Waals surface area contributed by atoms with E-state index in [9.17, 15) is 18.0 Å². The molecule has 1 amide bonds. The summed E-state index contributed by atoms with van der Waals surface area (Å²) in [5.41, 5.74) is 4.05. The highest BCUT2D eigenvalue weighted by Gasteiger charge is 2.34. The third kappa shape index (κ3) is 3.71. The quantitative estimate of drug-likeness (QED) is 0.882. The minimum absolute atomic E-state index is 0.281. The second kappa shape index (κ2) is 5.05. The van der Waals surface area contributed by atoms with Crippen molar-refractivity contribution in [3.05, 3.63) is 28.2 Å². The van der Waals surface area contributed by atoms with Gasteiger partial charge in [-0.25, -0.2) is 0 Å². The van der Waals surface area contributed by atoms with E-state index in [-0.39, 0.29) is 10.2 Å². The molecule has 1 atom stereocenters. The first-order chi connectivity index (χ1) is 7.71. The molecule has 0 saturated heterocycles. The Balaban J connectivity index is 3.12. The largest absolute Gasteiger partial charge is 0.418 e. The Kier molecular flexibility index (Phi) is 4.16. The summed E-state index contributed by atoms with van der Waals surface area (Å²) in [4.78, 5) is 11.3. The van der Waals surface area contributed by atoms with Crippen LogP contribution >= 0.6 is 15.9 Å². The fraction of sp³-hybridized carbons (Fsp3) is 0.300. The molecule has 0 aliphatic rings. The molecular weight excluding hydrogens is 301 g/mol. The minimum Gasteiger partial charge on any atom is -0.324 e. The number of carbonyl (C=O) groups is 1. The number of halogens is 4. The van der Waals surface area contributed by atoms with Crippen molar-refractivity contribution in [2.75, 3.05) is 5.32 Å². The number of benzene rings is 1. The standard InChI is InChI=1S/C10H10BrF3N2O/c1-5(15)9(17)16-8-3-2-6(11)4-7(8)10(12,13)14/h2-5H,15H2,1H3,(H,16,17). The molecule has 3 nitrogen and oxygen atoms in total. The first kappa shape index (κ1) is 14.0. The highest BCUT2D eigenvalue weighted by atomic mass is 79.9. The fourth-order valence-electron chi connectivity index (χ4n) is 1.11.